The molecule has 0 bridgehead atoms. The minimum Gasteiger partial charge on any atom is -0.478 e. The van der Waals surface area contributed by atoms with Crippen molar-refractivity contribution in [2.75, 3.05) is 6.54 Å². The number of benzene rings is 1. The highest BCUT2D eigenvalue weighted by atomic mass is 32.2. The lowest BCUT2D eigenvalue weighted by molar-refractivity contribution is -0.128. The Morgan fingerprint density at radius 2 is 2.00 bits per heavy atom. The van der Waals surface area contributed by atoms with Crippen LogP contribution in [-0.4, -0.2) is 38.8 Å². The predicted octanol–water partition coefficient (Wildman–Crippen LogP) is 1.77. The van der Waals surface area contributed by atoms with Gasteiger partial charge in [0.2, 0.25) is 5.91 Å². The molecule has 1 heterocycles. The highest BCUT2D eigenvalue weighted by Gasteiger charge is 2.30. The van der Waals surface area contributed by atoms with Crippen LogP contribution in [0, 0.1) is 0 Å². The Kier molecular flexibility index (Phi) is 4.44. The number of thioether (sulfide) groups is 1. The van der Waals surface area contributed by atoms with Gasteiger partial charge >= 0.3 is 5.97 Å². The molecule has 1 atom stereocenters. The number of hydrogen-bond donors (Lipinski definition) is 1. The number of carbonyl (C=O) groups excluding carboxylic acids is 2. The van der Waals surface area contributed by atoms with Crippen molar-refractivity contribution in [3.63, 3.8) is 0 Å². The van der Waals surface area contributed by atoms with Gasteiger partial charge in [0.15, 0.2) is 5.12 Å². The van der Waals surface area contributed by atoms with E-state index in [2.05, 4.69) is 0 Å². The predicted molar refractivity (Wildman–Crippen MR) is 75.5 cm³/mol. The molecule has 5 nitrogen and oxygen atoms in total. The molecule has 0 saturated carbocycles. The molecular formula is C14H15NO4S. The van der Waals surface area contributed by atoms with E-state index < -0.39 is 5.97 Å². The summed E-state index contributed by atoms with van der Waals surface area (Å²) >= 11 is 1.21. The normalized spacial score (nSPS) is 18.4. The van der Waals surface area contributed by atoms with Gasteiger partial charge in [-0.15, -0.1) is 0 Å². The van der Waals surface area contributed by atoms with Crippen LogP contribution in [0.2, 0.25) is 0 Å². The number of nitrogens with zero attached hydrogens (tertiary/aromatic N) is 1. The number of aromatic carboxylic acids is 1. The van der Waals surface area contributed by atoms with E-state index in [4.69, 9.17) is 5.11 Å². The number of carboxylic acids is 1. The van der Waals surface area contributed by atoms with Gasteiger partial charge in [0.05, 0.1) is 5.56 Å². The molecule has 106 valence electrons. The molecular weight excluding hydrogens is 278 g/mol. The number of rotatable bonds is 4. The van der Waals surface area contributed by atoms with Crippen molar-refractivity contribution >= 4 is 28.8 Å². The molecule has 1 unspecified atom stereocenters. The van der Waals surface area contributed by atoms with Gasteiger partial charge in [-0.05, 0) is 17.7 Å². The van der Waals surface area contributed by atoms with E-state index in [1.54, 1.807) is 17.0 Å². The first-order valence-electron chi connectivity index (χ1n) is 6.23. The Morgan fingerprint density at radius 3 is 2.55 bits per heavy atom. The fraction of sp³-hybridized carbons (Fsp3) is 0.357. The third-order valence-electron chi connectivity index (χ3n) is 3.09. The van der Waals surface area contributed by atoms with Gasteiger partial charge in [0, 0.05) is 31.7 Å². The molecule has 6 heteroatoms. The molecule has 0 aromatic heterocycles. The number of hydrogen-bond acceptors (Lipinski definition) is 4. The summed E-state index contributed by atoms with van der Waals surface area (Å²) in [5.74, 6) is -0.933. The highest BCUT2D eigenvalue weighted by molar-refractivity contribution is 8.14. The summed E-state index contributed by atoms with van der Waals surface area (Å²) in [6.07, 6.45) is 0.386. The van der Waals surface area contributed by atoms with E-state index in [0.717, 1.165) is 5.56 Å². The van der Waals surface area contributed by atoms with E-state index in [0.29, 0.717) is 19.5 Å². The summed E-state index contributed by atoms with van der Waals surface area (Å²) in [5.41, 5.74) is 1.11. The molecule has 2 rings (SSSR count). The second-order valence-corrected chi connectivity index (χ2v) is 6.19. The molecule has 0 radical (unpaired) electrons. The van der Waals surface area contributed by atoms with Crippen molar-refractivity contribution in [1.29, 1.82) is 0 Å². The van der Waals surface area contributed by atoms with Gasteiger partial charge in [-0.3, -0.25) is 9.59 Å². The molecule has 1 aliphatic rings. The van der Waals surface area contributed by atoms with Crippen LogP contribution < -0.4 is 0 Å². The number of likely N-dealkylation sites (tertiary alicyclic amines) is 1. The van der Waals surface area contributed by atoms with Gasteiger partial charge in [-0.25, -0.2) is 4.79 Å². The van der Waals surface area contributed by atoms with Crippen molar-refractivity contribution in [3.8, 4) is 0 Å². The SMILES string of the molecule is CC(=O)SC1CC(=O)N(Cc2ccc(C(=O)O)cc2)C1. The Morgan fingerprint density at radius 1 is 1.35 bits per heavy atom. The maximum absolute atomic E-state index is 11.9. The maximum atomic E-state index is 11.9. The van der Waals surface area contributed by atoms with Crippen molar-refractivity contribution in [2.45, 2.75) is 25.1 Å². The number of carbonyl (C=O) groups is 3. The Hall–Kier alpha value is -1.82. The Labute approximate surface area is 121 Å². The summed E-state index contributed by atoms with van der Waals surface area (Å²) in [6, 6.07) is 6.48. The zero-order valence-electron chi connectivity index (χ0n) is 11.0. The monoisotopic (exact) mass is 293 g/mol. The van der Waals surface area contributed by atoms with E-state index in [-0.39, 0.29) is 21.8 Å². The zero-order chi connectivity index (χ0) is 14.7. The third-order valence-corrected chi connectivity index (χ3v) is 4.07. The van der Waals surface area contributed by atoms with Crippen LogP contribution >= 0.6 is 11.8 Å². The van der Waals surface area contributed by atoms with Crippen molar-refractivity contribution in [2.24, 2.45) is 0 Å². The zero-order valence-corrected chi connectivity index (χ0v) is 11.9. The molecule has 0 aliphatic carbocycles. The standard InChI is InChI=1S/C14H15NO4S/c1-9(16)20-12-6-13(17)15(8-12)7-10-2-4-11(5-3-10)14(18)19/h2-5,12H,6-8H2,1H3,(H,18,19). The Balaban J connectivity index is 1.98. The van der Waals surface area contributed by atoms with Crippen LogP contribution in [0.15, 0.2) is 24.3 Å². The molecule has 1 aromatic carbocycles. The van der Waals surface area contributed by atoms with E-state index in [1.807, 2.05) is 0 Å². The second-order valence-electron chi connectivity index (χ2n) is 4.71. The van der Waals surface area contributed by atoms with Gasteiger partial charge < -0.3 is 10.0 Å². The topological polar surface area (TPSA) is 74.7 Å². The van der Waals surface area contributed by atoms with E-state index >= 15 is 0 Å². The quantitative estimate of drug-likeness (QED) is 0.915. The highest BCUT2D eigenvalue weighted by Crippen LogP contribution is 2.25. The van der Waals surface area contributed by atoms with Crippen LogP contribution in [0.1, 0.15) is 29.3 Å². The molecule has 1 fully saturated rings. The second kappa shape index (κ2) is 6.09. The summed E-state index contributed by atoms with van der Waals surface area (Å²) in [4.78, 5) is 35.4. The molecule has 20 heavy (non-hydrogen) atoms. The summed E-state index contributed by atoms with van der Waals surface area (Å²) in [7, 11) is 0. The average molecular weight is 293 g/mol. The van der Waals surface area contributed by atoms with Crippen LogP contribution in [0.3, 0.4) is 0 Å². The van der Waals surface area contributed by atoms with Crippen molar-refractivity contribution in [3.05, 3.63) is 35.4 Å². The van der Waals surface area contributed by atoms with Crippen molar-refractivity contribution < 1.29 is 19.5 Å². The molecule has 1 amide bonds. The summed E-state index contributed by atoms with van der Waals surface area (Å²) in [5, 5.41) is 8.87. The molecule has 0 spiro atoms. The van der Waals surface area contributed by atoms with Gasteiger partial charge in [0.25, 0.3) is 0 Å². The fourth-order valence-corrected chi connectivity index (χ4v) is 3.13. The first-order valence-corrected chi connectivity index (χ1v) is 7.11. The van der Waals surface area contributed by atoms with Crippen LogP contribution in [0.25, 0.3) is 0 Å². The number of carboxylic acid groups (broad SMARTS) is 1. The van der Waals surface area contributed by atoms with Gasteiger partial charge in [0.1, 0.15) is 0 Å². The largest absolute Gasteiger partial charge is 0.478 e. The minimum absolute atomic E-state index is 0.0236. The average Bonchev–Trinajstić information content (AvgIpc) is 2.69. The van der Waals surface area contributed by atoms with Crippen LogP contribution in [0.4, 0.5) is 0 Å². The first-order chi connectivity index (χ1) is 9.45. The lowest BCUT2D eigenvalue weighted by Gasteiger charge is -2.16. The van der Waals surface area contributed by atoms with Crippen LogP contribution in [0.5, 0.6) is 0 Å². The summed E-state index contributed by atoms with van der Waals surface area (Å²) in [6.45, 7) is 2.51. The Bertz CT molecular complexity index is 541. The minimum atomic E-state index is -0.966. The van der Waals surface area contributed by atoms with Crippen molar-refractivity contribution in [1.82, 2.24) is 4.90 Å². The smallest absolute Gasteiger partial charge is 0.335 e. The van der Waals surface area contributed by atoms with Gasteiger partial charge in [-0.2, -0.15) is 0 Å². The number of amides is 1. The van der Waals surface area contributed by atoms with Crippen LogP contribution in [-0.2, 0) is 16.1 Å². The lowest BCUT2D eigenvalue weighted by atomic mass is 10.1. The third kappa shape index (κ3) is 3.60. The molecule has 1 aromatic rings. The maximum Gasteiger partial charge on any atom is 0.335 e. The fourth-order valence-electron chi connectivity index (χ4n) is 2.18. The van der Waals surface area contributed by atoms with E-state index in [9.17, 15) is 14.4 Å². The van der Waals surface area contributed by atoms with E-state index in [1.165, 1.54) is 30.8 Å². The molecule has 1 saturated heterocycles. The summed E-state index contributed by atoms with van der Waals surface area (Å²) < 4.78 is 0. The molecule has 1 aliphatic heterocycles. The first kappa shape index (κ1) is 14.6. The van der Waals surface area contributed by atoms with Gasteiger partial charge in [-0.1, -0.05) is 23.9 Å². The molecule has 1 N–H and O–H groups in total. The lowest BCUT2D eigenvalue weighted by Crippen LogP contribution is -2.25.